The monoisotopic (exact) mass is 446 g/mol. The van der Waals surface area contributed by atoms with E-state index in [9.17, 15) is 27.6 Å². The van der Waals surface area contributed by atoms with Crippen molar-refractivity contribution < 1.29 is 22.7 Å². The standard InChI is InChI=1S/C18H21F3N4O4S/c1-10-12(8-23-5-4-22-16(23)27)30-15-13(10)14(26)25(9-18(19,20)21)17(28)24(15)7-11-3-2-6-29-11/h11H,2-9H2,1H3,(H,22,27). The average molecular weight is 446 g/mol. The smallest absolute Gasteiger partial charge is 0.376 e. The molecule has 0 aromatic carbocycles. The second-order valence-corrected chi connectivity index (χ2v) is 8.60. The molecule has 2 saturated heterocycles. The molecule has 2 fully saturated rings. The molecule has 8 nitrogen and oxygen atoms in total. The van der Waals surface area contributed by atoms with Crippen LogP contribution < -0.4 is 16.6 Å². The van der Waals surface area contributed by atoms with Crippen molar-refractivity contribution in [1.29, 1.82) is 0 Å². The third-order valence-corrected chi connectivity index (χ3v) is 6.72. The molecule has 0 bridgehead atoms. The summed E-state index contributed by atoms with van der Waals surface area (Å²) < 4.78 is 46.3. The van der Waals surface area contributed by atoms with Gasteiger partial charge in [0.15, 0.2) is 0 Å². The van der Waals surface area contributed by atoms with Crippen molar-refractivity contribution in [3.63, 3.8) is 0 Å². The molecular weight excluding hydrogens is 425 g/mol. The predicted molar refractivity (Wildman–Crippen MR) is 104 cm³/mol. The Morgan fingerprint density at radius 3 is 2.60 bits per heavy atom. The summed E-state index contributed by atoms with van der Waals surface area (Å²) in [6.45, 7) is 1.83. The zero-order valence-corrected chi connectivity index (χ0v) is 17.1. The van der Waals surface area contributed by atoms with E-state index >= 15 is 0 Å². The van der Waals surface area contributed by atoms with Crippen LogP contribution in [0.15, 0.2) is 9.59 Å². The number of fused-ring (bicyclic) bond motifs is 1. The normalized spacial score (nSPS) is 19.8. The summed E-state index contributed by atoms with van der Waals surface area (Å²) >= 11 is 1.17. The molecule has 30 heavy (non-hydrogen) atoms. The molecule has 0 spiro atoms. The first-order valence-corrected chi connectivity index (χ1v) is 10.4. The Kier molecular flexibility index (Phi) is 5.39. The molecule has 1 unspecified atom stereocenters. The maximum Gasteiger partial charge on any atom is 0.406 e. The molecule has 164 valence electrons. The van der Waals surface area contributed by atoms with Crippen LogP contribution in [0.1, 0.15) is 23.3 Å². The van der Waals surface area contributed by atoms with Crippen LogP contribution in [0.4, 0.5) is 18.0 Å². The van der Waals surface area contributed by atoms with Gasteiger partial charge >= 0.3 is 17.9 Å². The molecule has 12 heteroatoms. The van der Waals surface area contributed by atoms with Crippen LogP contribution in [0.2, 0.25) is 0 Å². The van der Waals surface area contributed by atoms with Crippen molar-refractivity contribution >= 4 is 27.6 Å². The Morgan fingerprint density at radius 1 is 1.23 bits per heavy atom. The lowest BCUT2D eigenvalue weighted by atomic mass is 10.2. The quantitative estimate of drug-likeness (QED) is 0.759. The molecule has 2 aromatic rings. The largest absolute Gasteiger partial charge is 0.406 e. The number of rotatable bonds is 5. The van der Waals surface area contributed by atoms with Crippen molar-refractivity contribution in [3.8, 4) is 0 Å². The summed E-state index contributed by atoms with van der Waals surface area (Å²) in [7, 11) is 0. The minimum absolute atomic E-state index is 0.0804. The number of carbonyl (C=O) groups is 1. The summed E-state index contributed by atoms with van der Waals surface area (Å²) in [5.41, 5.74) is -1.45. The first-order chi connectivity index (χ1) is 14.2. The van der Waals surface area contributed by atoms with Crippen LogP contribution >= 0.6 is 11.3 Å². The average Bonchev–Trinajstić information content (AvgIpc) is 3.38. The van der Waals surface area contributed by atoms with Crippen LogP contribution in [0.25, 0.3) is 10.2 Å². The number of halogens is 3. The van der Waals surface area contributed by atoms with Crippen LogP contribution in [-0.2, 0) is 24.4 Å². The van der Waals surface area contributed by atoms with E-state index in [2.05, 4.69) is 5.32 Å². The number of hydrogen-bond acceptors (Lipinski definition) is 5. The van der Waals surface area contributed by atoms with E-state index in [0.717, 1.165) is 6.42 Å². The molecule has 0 aliphatic carbocycles. The summed E-state index contributed by atoms with van der Waals surface area (Å²) in [4.78, 5) is 40.2. The van der Waals surface area contributed by atoms with Gasteiger partial charge < -0.3 is 15.0 Å². The van der Waals surface area contributed by atoms with Gasteiger partial charge in [0.25, 0.3) is 5.56 Å². The van der Waals surface area contributed by atoms with Gasteiger partial charge in [0.05, 0.1) is 24.6 Å². The zero-order valence-electron chi connectivity index (χ0n) is 16.3. The highest BCUT2D eigenvalue weighted by Crippen LogP contribution is 2.30. The van der Waals surface area contributed by atoms with Gasteiger partial charge in [-0.05, 0) is 25.3 Å². The molecule has 0 saturated carbocycles. The van der Waals surface area contributed by atoms with Crippen LogP contribution in [-0.4, -0.2) is 52.0 Å². The van der Waals surface area contributed by atoms with Crippen molar-refractivity contribution in [3.05, 3.63) is 31.3 Å². The fraction of sp³-hybridized carbons (Fsp3) is 0.611. The molecule has 0 radical (unpaired) electrons. The minimum atomic E-state index is -4.71. The third-order valence-electron chi connectivity index (χ3n) is 5.42. The van der Waals surface area contributed by atoms with E-state index in [0.29, 0.717) is 41.4 Å². The molecule has 1 atom stereocenters. The van der Waals surface area contributed by atoms with E-state index in [1.165, 1.54) is 15.9 Å². The summed E-state index contributed by atoms with van der Waals surface area (Å²) in [5.74, 6) is 0. The maximum atomic E-state index is 13.1. The molecule has 4 rings (SSSR count). The van der Waals surface area contributed by atoms with Gasteiger partial charge in [-0.25, -0.2) is 9.59 Å². The molecule has 2 aromatic heterocycles. The molecule has 4 heterocycles. The van der Waals surface area contributed by atoms with E-state index in [-0.39, 0.29) is 35.2 Å². The van der Waals surface area contributed by atoms with Crippen molar-refractivity contribution in [1.82, 2.24) is 19.4 Å². The lowest BCUT2D eigenvalue weighted by Gasteiger charge is -2.16. The highest BCUT2D eigenvalue weighted by atomic mass is 32.1. The van der Waals surface area contributed by atoms with E-state index in [1.807, 2.05) is 0 Å². The number of aryl methyl sites for hydroxylation is 1. The van der Waals surface area contributed by atoms with Gasteiger partial charge in [0.2, 0.25) is 0 Å². The fourth-order valence-corrected chi connectivity index (χ4v) is 5.21. The molecular formula is C18H21F3N4O4S. The van der Waals surface area contributed by atoms with E-state index < -0.39 is 24.0 Å². The third kappa shape index (κ3) is 3.85. The SMILES string of the molecule is Cc1c(CN2CCNC2=O)sc2c1c(=O)n(CC(F)(F)F)c(=O)n2CC1CCCO1. The predicted octanol–water partition coefficient (Wildman–Crippen LogP) is 1.80. The number of nitrogens with one attached hydrogen (secondary N) is 1. The topological polar surface area (TPSA) is 85.6 Å². The maximum absolute atomic E-state index is 13.1. The van der Waals surface area contributed by atoms with Crippen LogP contribution in [0, 0.1) is 6.92 Å². The summed E-state index contributed by atoms with van der Waals surface area (Å²) in [6.07, 6.45) is -3.50. The Bertz CT molecular complexity index is 1100. The van der Waals surface area contributed by atoms with Gasteiger partial charge in [-0.15, -0.1) is 11.3 Å². The number of thiophene rings is 1. The fourth-order valence-electron chi connectivity index (χ4n) is 3.90. The minimum Gasteiger partial charge on any atom is -0.376 e. The van der Waals surface area contributed by atoms with Crippen LogP contribution in [0.3, 0.4) is 0 Å². The number of amides is 2. The molecule has 2 aliphatic heterocycles. The first kappa shape index (κ1) is 20.9. The number of hydrogen-bond donors (Lipinski definition) is 1. The lowest BCUT2D eigenvalue weighted by Crippen LogP contribution is -2.44. The number of carbonyl (C=O) groups excluding carboxylic acids is 1. The van der Waals surface area contributed by atoms with E-state index in [4.69, 9.17) is 4.74 Å². The second kappa shape index (κ2) is 7.73. The number of nitrogens with zero attached hydrogens (tertiary/aromatic N) is 3. The lowest BCUT2D eigenvalue weighted by molar-refractivity contribution is -0.141. The summed E-state index contributed by atoms with van der Waals surface area (Å²) in [6, 6.07) is -0.238. The van der Waals surface area contributed by atoms with Gasteiger partial charge in [-0.1, -0.05) is 0 Å². The highest BCUT2D eigenvalue weighted by Gasteiger charge is 2.32. The first-order valence-electron chi connectivity index (χ1n) is 9.62. The molecule has 1 N–H and O–H groups in total. The van der Waals surface area contributed by atoms with Crippen molar-refractivity contribution in [2.24, 2.45) is 0 Å². The number of alkyl halides is 3. The van der Waals surface area contributed by atoms with Gasteiger partial charge in [0.1, 0.15) is 11.4 Å². The Labute approximate surface area is 172 Å². The van der Waals surface area contributed by atoms with Crippen molar-refractivity contribution in [2.75, 3.05) is 19.7 Å². The second-order valence-electron chi connectivity index (χ2n) is 7.52. The van der Waals surface area contributed by atoms with Gasteiger partial charge in [-0.2, -0.15) is 13.2 Å². The van der Waals surface area contributed by atoms with Gasteiger partial charge in [0, 0.05) is 24.6 Å². The molecule has 2 aliphatic rings. The van der Waals surface area contributed by atoms with E-state index in [1.54, 1.807) is 11.8 Å². The summed E-state index contributed by atoms with van der Waals surface area (Å²) in [5, 5.41) is 2.78. The van der Waals surface area contributed by atoms with Crippen LogP contribution in [0.5, 0.6) is 0 Å². The highest BCUT2D eigenvalue weighted by molar-refractivity contribution is 7.18. The Morgan fingerprint density at radius 2 is 2.00 bits per heavy atom. The number of urea groups is 1. The Balaban J connectivity index is 1.87. The zero-order chi connectivity index (χ0) is 21.6. The molecule has 2 amide bonds. The van der Waals surface area contributed by atoms with Crippen molar-refractivity contribution in [2.45, 2.75) is 51.7 Å². The number of ether oxygens (including phenoxy) is 1. The Hall–Kier alpha value is -2.34. The van der Waals surface area contributed by atoms with Gasteiger partial charge in [-0.3, -0.25) is 13.9 Å². The number of aromatic nitrogens is 2.